The number of rotatable bonds is 3. The van der Waals surface area contributed by atoms with Crippen molar-refractivity contribution in [3.8, 4) is 22.8 Å². The summed E-state index contributed by atoms with van der Waals surface area (Å²) in [5.74, 6) is 1.59. The molecule has 2 aliphatic rings. The number of hydrogen-bond acceptors (Lipinski definition) is 5. The molecule has 0 bridgehead atoms. The van der Waals surface area contributed by atoms with Crippen molar-refractivity contribution in [2.24, 2.45) is 0 Å². The summed E-state index contributed by atoms with van der Waals surface area (Å²) in [6.07, 6.45) is 4.72. The molecule has 1 aromatic carbocycles. The molecule has 0 amide bonds. The largest absolute Gasteiger partial charge is 0.454 e. The minimum absolute atomic E-state index is 0.288. The number of ether oxygens (including phenoxy) is 2. The fraction of sp³-hybridized carbons (Fsp3) is 0.263. The lowest BCUT2D eigenvalue weighted by Crippen LogP contribution is -2.30. The van der Waals surface area contributed by atoms with Crippen molar-refractivity contribution < 1.29 is 9.47 Å². The minimum atomic E-state index is 0.288. The lowest BCUT2D eigenvalue weighted by molar-refractivity contribution is 0.174. The van der Waals surface area contributed by atoms with Gasteiger partial charge in [0.25, 0.3) is 0 Å². The lowest BCUT2D eigenvalue weighted by atomic mass is 10.0. The molecule has 3 aromatic rings. The van der Waals surface area contributed by atoms with Gasteiger partial charge in [-0.2, -0.15) is 5.10 Å². The number of hydrogen-bond donors (Lipinski definition) is 1. The highest BCUT2D eigenvalue weighted by atomic mass is 16.7. The molecular formula is C19H18N4O2. The van der Waals surface area contributed by atoms with Gasteiger partial charge in [0.05, 0.1) is 5.69 Å². The zero-order valence-corrected chi connectivity index (χ0v) is 13.7. The van der Waals surface area contributed by atoms with E-state index in [2.05, 4.69) is 26.1 Å². The number of benzene rings is 1. The molecule has 0 saturated heterocycles. The van der Waals surface area contributed by atoms with E-state index < -0.39 is 0 Å². The second-order valence-electron chi connectivity index (χ2n) is 6.42. The third kappa shape index (κ3) is 2.64. The summed E-state index contributed by atoms with van der Waals surface area (Å²) in [6, 6.07) is 10.1. The number of H-pyrrole nitrogens is 1. The van der Waals surface area contributed by atoms with Gasteiger partial charge in [0.2, 0.25) is 6.79 Å². The van der Waals surface area contributed by atoms with E-state index in [-0.39, 0.29) is 6.79 Å². The fourth-order valence-electron chi connectivity index (χ4n) is 3.52. The van der Waals surface area contributed by atoms with Crippen LogP contribution in [0.5, 0.6) is 11.5 Å². The Bertz CT molecular complexity index is 907. The molecule has 0 unspecified atom stereocenters. The topological polar surface area (TPSA) is 63.3 Å². The van der Waals surface area contributed by atoms with Crippen molar-refractivity contribution in [1.82, 2.24) is 20.1 Å². The minimum Gasteiger partial charge on any atom is -0.454 e. The molecule has 6 nitrogen and oxygen atoms in total. The van der Waals surface area contributed by atoms with Crippen LogP contribution in [0, 0.1) is 0 Å². The molecule has 4 heterocycles. The second-order valence-corrected chi connectivity index (χ2v) is 6.42. The second kappa shape index (κ2) is 5.89. The number of pyridine rings is 1. The molecular weight excluding hydrogens is 316 g/mol. The third-order valence-corrected chi connectivity index (χ3v) is 4.79. The Labute approximate surface area is 145 Å². The summed E-state index contributed by atoms with van der Waals surface area (Å²) >= 11 is 0. The first-order valence-corrected chi connectivity index (χ1v) is 8.44. The van der Waals surface area contributed by atoms with Gasteiger partial charge in [0.15, 0.2) is 11.5 Å². The Kier molecular flexibility index (Phi) is 3.41. The maximum Gasteiger partial charge on any atom is 0.231 e. The Balaban J connectivity index is 1.43. The van der Waals surface area contributed by atoms with Crippen LogP contribution in [0.3, 0.4) is 0 Å². The van der Waals surface area contributed by atoms with Crippen LogP contribution in [0.25, 0.3) is 11.3 Å². The zero-order valence-electron chi connectivity index (χ0n) is 13.7. The molecule has 0 spiro atoms. The first-order chi connectivity index (χ1) is 12.4. The molecule has 5 rings (SSSR count). The van der Waals surface area contributed by atoms with Crippen LogP contribution in [0.4, 0.5) is 0 Å². The van der Waals surface area contributed by atoms with Gasteiger partial charge in [-0.3, -0.25) is 15.0 Å². The monoisotopic (exact) mass is 334 g/mol. The predicted octanol–water partition coefficient (Wildman–Crippen LogP) is 2.76. The van der Waals surface area contributed by atoms with Gasteiger partial charge in [-0.1, -0.05) is 6.07 Å². The third-order valence-electron chi connectivity index (χ3n) is 4.79. The summed E-state index contributed by atoms with van der Waals surface area (Å²) in [5, 5.41) is 7.79. The Morgan fingerprint density at radius 1 is 1.16 bits per heavy atom. The highest BCUT2D eigenvalue weighted by Gasteiger charge is 2.24. The van der Waals surface area contributed by atoms with Gasteiger partial charge in [-0.25, -0.2) is 0 Å². The van der Waals surface area contributed by atoms with E-state index in [0.717, 1.165) is 48.8 Å². The Morgan fingerprint density at radius 2 is 2.12 bits per heavy atom. The van der Waals surface area contributed by atoms with Crippen molar-refractivity contribution in [2.45, 2.75) is 19.5 Å². The maximum absolute atomic E-state index is 5.50. The first-order valence-electron chi connectivity index (χ1n) is 8.44. The van der Waals surface area contributed by atoms with Crippen molar-refractivity contribution in [3.63, 3.8) is 0 Å². The molecule has 2 aromatic heterocycles. The Morgan fingerprint density at radius 3 is 3.04 bits per heavy atom. The highest BCUT2D eigenvalue weighted by molar-refractivity contribution is 5.68. The molecule has 25 heavy (non-hydrogen) atoms. The molecule has 0 radical (unpaired) electrons. The molecule has 126 valence electrons. The molecule has 0 aliphatic carbocycles. The van der Waals surface area contributed by atoms with Crippen molar-refractivity contribution in [3.05, 3.63) is 59.5 Å². The van der Waals surface area contributed by atoms with Gasteiger partial charge >= 0.3 is 0 Å². The quantitative estimate of drug-likeness (QED) is 0.798. The van der Waals surface area contributed by atoms with E-state index in [1.54, 1.807) is 0 Å². The molecule has 0 saturated carbocycles. The molecule has 1 N–H and O–H groups in total. The van der Waals surface area contributed by atoms with Gasteiger partial charge in [0, 0.05) is 55.3 Å². The standard InChI is InChI=1S/C19H18N4O2/c1-2-13(9-20-6-1)10-23-7-5-16-15(11-23)19(22-21-16)14-3-4-17-18(8-14)25-12-24-17/h1-4,6,8-9H,5,7,10-12H2,(H,21,22). The van der Waals surface area contributed by atoms with E-state index in [4.69, 9.17) is 9.47 Å². The summed E-state index contributed by atoms with van der Waals surface area (Å²) in [5.41, 5.74) is 5.80. The van der Waals surface area contributed by atoms with E-state index in [9.17, 15) is 0 Å². The lowest BCUT2D eigenvalue weighted by Gasteiger charge is -2.27. The van der Waals surface area contributed by atoms with E-state index in [0.29, 0.717) is 0 Å². The van der Waals surface area contributed by atoms with E-state index in [1.165, 1.54) is 16.8 Å². The van der Waals surface area contributed by atoms with Gasteiger partial charge in [-0.05, 0) is 29.8 Å². The van der Waals surface area contributed by atoms with Crippen LogP contribution in [0.2, 0.25) is 0 Å². The van der Waals surface area contributed by atoms with Crippen molar-refractivity contribution >= 4 is 0 Å². The SMILES string of the molecule is c1cncc(CN2CCc3[nH]nc(-c4ccc5c(c4)OCO5)c3C2)c1. The van der Waals surface area contributed by atoms with Crippen LogP contribution in [0.15, 0.2) is 42.7 Å². The predicted molar refractivity (Wildman–Crippen MR) is 92.2 cm³/mol. The van der Waals surface area contributed by atoms with Crippen molar-refractivity contribution in [2.75, 3.05) is 13.3 Å². The van der Waals surface area contributed by atoms with Crippen LogP contribution in [0.1, 0.15) is 16.8 Å². The summed E-state index contributed by atoms with van der Waals surface area (Å²) < 4.78 is 10.9. The number of aromatic amines is 1. The summed E-state index contributed by atoms with van der Waals surface area (Å²) in [4.78, 5) is 6.65. The van der Waals surface area contributed by atoms with Crippen molar-refractivity contribution in [1.29, 1.82) is 0 Å². The number of aromatic nitrogens is 3. The number of fused-ring (bicyclic) bond motifs is 2. The van der Waals surface area contributed by atoms with Gasteiger partial charge in [-0.15, -0.1) is 0 Å². The number of nitrogens with zero attached hydrogens (tertiary/aromatic N) is 3. The van der Waals surface area contributed by atoms with Crippen LogP contribution in [-0.4, -0.2) is 33.4 Å². The Hall–Kier alpha value is -2.86. The smallest absolute Gasteiger partial charge is 0.231 e. The van der Waals surface area contributed by atoms with Gasteiger partial charge < -0.3 is 9.47 Å². The number of nitrogens with one attached hydrogen (secondary N) is 1. The maximum atomic E-state index is 5.50. The summed E-state index contributed by atoms with van der Waals surface area (Å²) in [7, 11) is 0. The highest BCUT2D eigenvalue weighted by Crippen LogP contribution is 2.37. The van der Waals surface area contributed by atoms with Crippen LogP contribution in [-0.2, 0) is 19.5 Å². The average Bonchev–Trinajstić information content (AvgIpc) is 3.28. The molecule has 6 heteroatoms. The molecule has 0 atom stereocenters. The molecule has 2 aliphatic heterocycles. The zero-order chi connectivity index (χ0) is 16.6. The van der Waals surface area contributed by atoms with Crippen LogP contribution < -0.4 is 9.47 Å². The first kappa shape index (κ1) is 14.5. The summed E-state index contributed by atoms with van der Waals surface area (Å²) in [6.45, 7) is 3.09. The average molecular weight is 334 g/mol. The van der Waals surface area contributed by atoms with Gasteiger partial charge in [0.1, 0.15) is 0 Å². The van der Waals surface area contributed by atoms with E-state index >= 15 is 0 Å². The normalized spacial score (nSPS) is 16.0. The van der Waals surface area contributed by atoms with Crippen LogP contribution >= 0.6 is 0 Å². The molecule has 0 fully saturated rings. The fourth-order valence-corrected chi connectivity index (χ4v) is 3.52. The van der Waals surface area contributed by atoms with E-state index in [1.807, 2.05) is 36.7 Å².